The topological polar surface area (TPSA) is 84.6 Å². The van der Waals surface area contributed by atoms with E-state index in [-0.39, 0.29) is 5.69 Å². The number of rotatable bonds is 4. The molecule has 2 aromatic rings. The average Bonchev–Trinajstić information content (AvgIpc) is 2.91. The molecule has 1 aromatic carbocycles. The van der Waals surface area contributed by atoms with Gasteiger partial charge in [-0.2, -0.15) is 16.4 Å². The van der Waals surface area contributed by atoms with Crippen LogP contribution in [0.3, 0.4) is 0 Å². The number of nitro groups is 1. The Hall–Kier alpha value is -2.54. The predicted octanol–water partition coefficient (Wildman–Crippen LogP) is 2.73. The minimum Gasteiger partial charge on any atom is -0.267 e. The number of thiophene rings is 1. The summed E-state index contributed by atoms with van der Waals surface area (Å²) in [5, 5.41) is 18.3. The molecule has 1 aromatic heterocycles. The number of carbonyl (C=O) groups excluding carboxylic acids is 1. The lowest BCUT2D eigenvalue weighted by atomic mass is 10.1. The molecule has 7 heteroatoms. The van der Waals surface area contributed by atoms with Gasteiger partial charge in [0.05, 0.1) is 11.1 Å². The standard InChI is InChI=1S/C13H11N3O3S/c1-9-6-11(2-3-12(9)16(18)19)13(17)15-14-7-10-4-5-20-8-10/h2-8H,1H3,(H,15,17)/b14-7+. The largest absolute Gasteiger partial charge is 0.272 e. The molecule has 0 bridgehead atoms. The van der Waals surface area contributed by atoms with E-state index in [0.29, 0.717) is 11.1 Å². The van der Waals surface area contributed by atoms with Gasteiger partial charge in [0.2, 0.25) is 0 Å². The van der Waals surface area contributed by atoms with Gasteiger partial charge in [-0.15, -0.1) is 0 Å². The molecule has 0 saturated carbocycles. The van der Waals surface area contributed by atoms with Crippen LogP contribution >= 0.6 is 11.3 Å². The lowest BCUT2D eigenvalue weighted by molar-refractivity contribution is -0.385. The van der Waals surface area contributed by atoms with Crippen LogP contribution in [0.5, 0.6) is 0 Å². The van der Waals surface area contributed by atoms with E-state index in [2.05, 4.69) is 10.5 Å². The molecule has 1 amide bonds. The average molecular weight is 289 g/mol. The highest BCUT2D eigenvalue weighted by Crippen LogP contribution is 2.18. The number of hydrazone groups is 1. The Labute approximate surface area is 118 Å². The van der Waals surface area contributed by atoms with Crippen molar-refractivity contribution in [1.82, 2.24) is 5.43 Å². The van der Waals surface area contributed by atoms with Crippen molar-refractivity contribution < 1.29 is 9.72 Å². The summed E-state index contributed by atoms with van der Waals surface area (Å²) in [6.45, 7) is 1.59. The van der Waals surface area contributed by atoms with Crippen molar-refractivity contribution in [3.8, 4) is 0 Å². The number of carbonyl (C=O) groups is 1. The second kappa shape index (κ2) is 6.07. The van der Waals surface area contributed by atoms with Crippen molar-refractivity contribution in [1.29, 1.82) is 0 Å². The van der Waals surface area contributed by atoms with Gasteiger partial charge in [-0.25, -0.2) is 5.43 Å². The third-order valence-corrected chi connectivity index (χ3v) is 3.28. The summed E-state index contributed by atoms with van der Waals surface area (Å²) in [6, 6.07) is 6.05. The summed E-state index contributed by atoms with van der Waals surface area (Å²) in [6.07, 6.45) is 1.53. The zero-order valence-corrected chi connectivity index (χ0v) is 11.4. The number of hydrogen-bond acceptors (Lipinski definition) is 5. The van der Waals surface area contributed by atoms with Crippen LogP contribution in [0.15, 0.2) is 40.1 Å². The number of nitro benzene ring substituents is 1. The highest BCUT2D eigenvalue weighted by molar-refractivity contribution is 7.08. The van der Waals surface area contributed by atoms with Gasteiger partial charge in [0.25, 0.3) is 11.6 Å². The Kier molecular flexibility index (Phi) is 4.21. The molecule has 0 spiro atoms. The summed E-state index contributed by atoms with van der Waals surface area (Å²) in [4.78, 5) is 22.0. The lowest BCUT2D eigenvalue weighted by Gasteiger charge is -2.02. The first-order chi connectivity index (χ1) is 9.58. The Morgan fingerprint density at radius 2 is 2.25 bits per heavy atom. The van der Waals surface area contributed by atoms with Crippen LogP contribution in [-0.4, -0.2) is 17.0 Å². The van der Waals surface area contributed by atoms with Crippen LogP contribution in [0.1, 0.15) is 21.5 Å². The van der Waals surface area contributed by atoms with Gasteiger partial charge < -0.3 is 0 Å². The molecule has 1 heterocycles. The zero-order valence-electron chi connectivity index (χ0n) is 10.6. The summed E-state index contributed by atoms with van der Waals surface area (Å²) < 4.78 is 0. The van der Waals surface area contributed by atoms with Gasteiger partial charge >= 0.3 is 0 Å². The van der Waals surface area contributed by atoms with E-state index in [1.165, 1.54) is 35.8 Å². The quantitative estimate of drug-likeness (QED) is 0.533. The second-order valence-corrected chi connectivity index (χ2v) is 4.79. The highest BCUT2D eigenvalue weighted by atomic mass is 32.1. The van der Waals surface area contributed by atoms with Gasteiger partial charge in [-0.05, 0) is 35.9 Å². The first-order valence-electron chi connectivity index (χ1n) is 5.68. The van der Waals surface area contributed by atoms with E-state index in [9.17, 15) is 14.9 Å². The fourth-order valence-electron chi connectivity index (χ4n) is 1.58. The maximum atomic E-state index is 11.8. The Morgan fingerprint density at radius 1 is 1.45 bits per heavy atom. The molecule has 0 aliphatic heterocycles. The summed E-state index contributed by atoms with van der Waals surface area (Å²) >= 11 is 1.53. The maximum Gasteiger partial charge on any atom is 0.272 e. The molecule has 102 valence electrons. The third-order valence-electron chi connectivity index (χ3n) is 2.58. The number of hydrogen-bond donors (Lipinski definition) is 1. The second-order valence-electron chi connectivity index (χ2n) is 4.01. The maximum absolute atomic E-state index is 11.8. The van der Waals surface area contributed by atoms with Crippen molar-refractivity contribution in [2.45, 2.75) is 6.92 Å². The van der Waals surface area contributed by atoms with Gasteiger partial charge in [-0.1, -0.05) is 0 Å². The third kappa shape index (κ3) is 3.27. The monoisotopic (exact) mass is 289 g/mol. The van der Waals surface area contributed by atoms with Crippen LogP contribution in [0, 0.1) is 17.0 Å². The van der Waals surface area contributed by atoms with Crippen molar-refractivity contribution in [2.24, 2.45) is 5.10 Å². The van der Waals surface area contributed by atoms with E-state index >= 15 is 0 Å². The fourth-order valence-corrected chi connectivity index (χ4v) is 2.19. The molecule has 0 fully saturated rings. The molecule has 0 aliphatic rings. The Balaban J connectivity index is 2.06. The van der Waals surface area contributed by atoms with Crippen molar-refractivity contribution in [2.75, 3.05) is 0 Å². The van der Waals surface area contributed by atoms with Crippen molar-refractivity contribution >= 4 is 29.1 Å². The molecule has 0 saturated heterocycles. The SMILES string of the molecule is Cc1cc(C(=O)N/N=C/c2ccsc2)ccc1[N+](=O)[O-]. The number of aryl methyl sites for hydroxylation is 1. The van der Waals surface area contributed by atoms with E-state index in [1.54, 1.807) is 6.92 Å². The number of nitrogens with zero attached hydrogens (tertiary/aromatic N) is 2. The van der Waals surface area contributed by atoms with E-state index in [1.807, 2.05) is 16.8 Å². The van der Waals surface area contributed by atoms with Gasteiger partial charge in [-0.3, -0.25) is 14.9 Å². The van der Waals surface area contributed by atoms with Crippen LogP contribution in [0.25, 0.3) is 0 Å². The molecule has 1 N–H and O–H groups in total. The van der Waals surface area contributed by atoms with Crippen LogP contribution < -0.4 is 5.43 Å². The minimum absolute atomic E-state index is 0.0108. The first kappa shape index (κ1) is 13.9. The number of nitrogens with one attached hydrogen (secondary N) is 1. The lowest BCUT2D eigenvalue weighted by Crippen LogP contribution is -2.17. The molecule has 0 unspecified atom stereocenters. The predicted molar refractivity (Wildman–Crippen MR) is 77.2 cm³/mol. The zero-order chi connectivity index (χ0) is 14.5. The van der Waals surface area contributed by atoms with E-state index < -0.39 is 10.8 Å². The van der Waals surface area contributed by atoms with Crippen molar-refractivity contribution in [3.63, 3.8) is 0 Å². The molecule has 0 atom stereocenters. The molecule has 0 aliphatic carbocycles. The van der Waals surface area contributed by atoms with Crippen molar-refractivity contribution in [3.05, 3.63) is 61.8 Å². The van der Waals surface area contributed by atoms with E-state index in [4.69, 9.17) is 0 Å². The Bertz CT molecular complexity index is 666. The van der Waals surface area contributed by atoms with E-state index in [0.717, 1.165) is 5.56 Å². The van der Waals surface area contributed by atoms with Crippen LogP contribution in [-0.2, 0) is 0 Å². The van der Waals surface area contributed by atoms with Gasteiger partial charge in [0.15, 0.2) is 0 Å². The number of amides is 1. The molecular formula is C13H11N3O3S. The van der Waals surface area contributed by atoms with Gasteiger partial charge in [0, 0.05) is 22.8 Å². The van der Waals surface area contributed by atoms with Gasteiger partial charge in [0.1, 0.15) is 0 Å². The molecule has 0 radical (unpaired) electrons. The molecule has 6 nitrogen and oxygen atoms in total. The van der Waals surface area contributed by atoms with Crippen LogP contribution in [0.4, 0.5) is 5.69 Å². The number of benzene rings is 1. The smallest absolute Gasteiger partial charge is 0.267 e. The summed E-state index contributed by atoms with van der Waals surface area (Å²) in [7, 11) is 0. The summed E-state index contributed by atoms with van der Waals surface area (Å²) in [5.41, 5.74) is 4.03. The minimum atomic E-state index is -0.480. The Morgan fingerprint density at radius 3 is 2.85 bits per heavy atom. The highest BCUT2D eigenvalue weighted by Gasteiger charge is 2.13. The summed E-state index contributed by atoms with van der Waals surface area (Å²) in [5.74, 6) is -0.408. The first-order valence-corrected chi connectivity index (χ1v) is 6.63. The normalized spacial score (nSPS) is 10.7. The fraction of sp³-hybridized carbons (Fsp3) is 0.0769. The molecular weight excluding hydrogens is 278 g/mol. The van der Waals surface area contributed by atoms with Crippen LogP contribution in [0.2, 0.25) is 0 Å². The molecule has 2 rings (SSSR count). The molecule has 20 heavy (non-hydrogen) atoms.